The van der Waals surface area contributed by atoms with Crippen molar-refractivity contribution in [1.29, 1.82) is 0 Å². The molecule has 0 aromatic heterocycles. The fraction of sp³-hybridized carbons (Fsp3) is 0. The molecular formula is C14H13BO3P. The van der Waals surface area contributed by atoms with E-state index in [0.29, 0.717) is 11.5 Å². The van der Waals surface area contributed by atoms with E-state index in [9.17, 15) is 0 Å². The first-order valence-electron chi connectivity index (χ1n) is 5.42. The summed E-state index contributed by atoms with van der Waals surface area (Å²) in [5.74, 6) is 1.39. The smallest absolute Gasteiger partial charge is 0.417 e. The van der Waals surface area contributed by atoms with Gasteiger partial charge in [-0.3, -0.25) is 0 Å². The molecule has 0 unspecified atom stereocenters. The maximum absolute atomic E-state index is 5.61. The van der Waals surface area contributed by atoms with Crippen molar-refractivity contribution in [2.45, 2.75) is 0 Å². The molecule has 5 heteroatoms. The van der Waals surface area contributed by atoms with E-state index < -0.39 is 8.60 Å². The molecule has 0 N–H and O–H groups in total. The Labute approximate surface area is 116 Å². The van der Waals surface area contributed by atoms with Crippen LogP contribution in [0.3, 0.4) is 0 Å². The number of para-hydroxylation sites is 2. The highest BCUT2D eigenvalue weighted by atomic mass is 31.2. The molecule has 19 heavy (non-hydrogen) atoms. The van der Waals surface area contributed by atoms with Crippen LogP contribution in [0.4, 0.5) is 0 Å². The van der Waals surface area contributed by atoms with E-state index in [1.807, 2.05) is 60.7 Å². The second-order valence-corrected chi connectivity index (χ2v) is 4.33. The van der Waals surface area contributed by atoms with Crippen LogP contribution < -0.4 is 9.05 Å². The van der Waals surface area contributed by atoms with Gasteiger partial charge in [-0.25, -0.2) is 0 Å². The molecule has 2 aromatic rings. The van der Waals surface area contributed by atoms with Gasteiger partial charge in [0.05, 0.1) is 6.26 Å². The van der Waals surface area contributed by atoms with Crippen molar-refractivity contribution in [3.8, 4) is 11.5 Å². The predicted molar refractivity (Wildman–Crippen MR) is 78.1 cm³/mol. The average molecular weight is 271 g/mol. The third-order valence-electron chi connectivity index (χ3n) is 2.01. The van der Waals surface area contributed by atoms with Gasteiger partial charge in [0.2, 0.25) is 0 Å². The third-order valence-corrected chi connectivity index (χ3v) is 3.05. The van der Waals surface area contributed by atoms with E-state index in [-0.39, 0.29) is 8.41 Å². The normalized spacial score (nSPS) is 9.32. The molecule has 95 valence electrons. The predicted octanol–water partition coefficient (Wildman–Crippen LogP) is 4.15. The molecule has 0 aliphatic carbocycles. The van der Waals surface area contributed by atoms with Gasteiger partial charge < -0.3 is 13.6 Å². The van der Waals surface area contributed by atoms with Crippen molar-refractivity contribution in [3.63, 3.8) is 0 Å². The van der Waals surface area contributed by atoms with Gasteiger partial charge in [0.25, 0.3) is 0 Å². The van der Waals surface area contributed by atoms with Crippen LogP contribution in [0.2, 0.25) is 0 Å². The van der Waals surface area contributed by atoms with Crippen molar-refractivity contribution in [1.82, 2.24) is 0 Å². The molecule has 0 spiro atoms. The summed E-state index contributed by atoms with van der Waals surface area (Å²) in [6.07, 6.45) is 1.32. The van der Waals surface area contributed by atoms with Crippen molar-refractivity contribution in [2.24, 2.45) is 0 Å². The summed E-state index contributed by atoms with van der Waals surface area (Å²) in [7, 11) is -1.53. The van der Waals surface area contributed by atoms with Gasteiger partial charge >= 0.3 is 8.60 Å². The first kappa shape index (κ1) is 15.1. The molecule has 0 bridgehead atoms. The minimum Gasteiger partial charge on any atom is -0.417 e. The van der Waals surface area contributed by atoms with Gasteiger partial charge in [-0.1, -0.05) is 43.0 Å². The monoisotopic (exact) mass is 271 g/mol. The zero-order valence-electron chi connectivity index (χ0n) is 10.3. The lowest BCUT2D eigenvalue weighted by Gasteiger charge is -2.15. The lowest BCUT2D eigenvalue weighted by Crippen LogP contribution is -1.96. The standard InChI is InChI=1S/C14H13O3P.B/c1-2-15-18(16-13-9-5-3-6-10-13)17-14-11-7-4-8-12-14;/h2-12H,1H2;. The molecule has 0 heterocycles. The molecule has 2 rings (SSSR count). The maximum atomic E-state index is 5.61. The van der Waals surface area contributed by atoms with E-state index in [4.69, 9.17) is 13.6 Å². The largest absolute Gasteiger partial charge is 0.529 e. The quantitative estimate of drug-likeness (QED) is 0.448. The summed E-state index contributed by atoms with van der Waals surface area (Å²) < 4.78 is 16.4. The summed E-state index contributed by atoms with van der Waals surface area (Å²) >= 11 is 0. The van der Waals surface area contributed by atoms with E-state index in [0.717, 1.165) is 0 Å². The average Bonchev–Trinajstić information content (AvgIpc) is 2.41. The Morgan fingerprint density at radius 3 is 1.58 bits per heavy atom. The van der Waals surface area contributed by atoms with Gasteiger partial charge in [0, 0.05) is 8.41 Å². The Hall–Kier alpha value is -1.93. The molecule has 3 radical (unpaired) electrons. The minimum atomic E-state index is -1.53. The second-order valence-electron chi connectivity index (χ2n) is 3.30. The molecule has 0 aliphatic heterocycles. The number of rotatable bonds is 6. The summed E-state index contributed by atoms with van der Waals surface area (Å²) in [6, 6.07) is 18.8. The Morgan fingerprint density at radius 2 is 1.21 bits per heavy atom. The summed E-state index contributed by atoms with van der Waals surface area (Å²) in [4.78, 5) is 0. The molecule has 0 fully saturated rings. The molecule has 0 aliphatic rings. The zero-order valence-corrected chi connectivity index (χ0v) is 11.2. The van der Waals surface area contributed by atoms with E-state index in [2.05, 4.69) is 6.58 Å². The van der Waals surface area contributed by atoms with E-state index >= 15 is 0 Å². The Morgan fingerprint density at radius 1 is 0.789 bits per heavy atom. The van der Waals surface area contributed by atoms with Gasteiger partial charge in [0.1, 0.15) is 11.5 Å². The van der Waals surface area contributed by atoms with Crippen LogP contribution >= 0.6 is 8.60 Å². The first-order valence-corrected chi connectivity index (χ1v) is 6.52. The third kappa shape index (κ3) is 5.06. The summed E-state index contributed by atoms with van der Waals surface area (Å²) in [6.45, 7) is 3.52. The highest BCUT2D eigenvalue weighted by Gasteiger charge is 2.16. The van der Waals surface area contributed by atoms with E-state index in [1.165, 1.54) is 6.26 Å². The fourth-order valence-electron chi connectivity index (χ4n) is 1.26. The van der Waals surface area contributed by atoms with Crippen LogP contribution in [0.25, 0.3) is 0 Å². The van der Waals surface area contributed by atoms with Crippen molar-refractivity contribution in [2.75, 3.05) is 0 Å². The van der Waals surface area contributed by atoms with Crippen LogP contribution in [0.15, 0.2) is 73.5 Å². The molecule has 2 aromatic carbocycles. The van der Waals surface area contributed by atoms with Gasteiger partial charge in [0.15, 0.2) is 0 Å². The number of hydrogen-bond acceptors (Lipinski definition) is 3. The molecular weight excluding hydrogens is 258 g/mol. The van der Waals surface area contributed by atoms with Crippen molar-refractivity contribution < 1.29 is 13.6 Å². The van der Waals surface area contributed by atoms with Gasteiger partial charge in [-0.15, -0.1) is 0 Å². The maximum Gasteiger partial charge on any atom is 0.529 e. The summed E-state index contributed by atoms with van der Waals surface area (Å²) in [5.41, 5.74) is 0. The molecule has 0 saturated heterocycles. The van der Waals surface area contributed by atoms with Crippen LogP contribution in [0.5, 0.6) is 11.5 Å². The van der Waals surface area contributed by atoms with Crippen LogP contribution in [0.1, 0.15) is 0 Å². The number of benzene rings is 2. The highest BCUT2D eigenvalue weighted by molar-refractivity contribution is 7.42. The fourth-order valence-corrected chi connectivity index (χ4v) is 2.09. The lowest BCUT2D eigenvalue weighted by atomic mass is 10.3. The summed E-state index contributed by atoms with van der Waals surface area (Å²) in [5, 5.41) is 0. The molecule has 3 nitrogen and oxygen atoms in total. The Balaban J connectivity index is 0.00000180. The molecule has 0 amide bonds. The Bertz CT molecular complexity index is 437. The second kappa shape index (κ2) is 8.22. The molecule has 0 saturated carbocycles. The zero-order chi connectivity index (χ0) is 12.6. The SMILES string of the molecule is C=COP(Oc1ccccc1)Oc1ccccc1.[B]. The van der Waals surface area contributed by atoms with Crippen LogP contribution in [-0.2, 0) is 4.52 Å². The highest BCUT2D eigenvalue weighted by Crippen LogP contribution is 2.41. The number of hydrogen-bond donors (Lipinski definition) is 0. The first-order chi connectivity index (χ1) is 8.88. The topological polar surface area (TPSA) is 27.7 Å². The van der Waals surface area contributed by atoms with Gasteiger partial charge in [-0.2, -0.15) is 0 Å². The Kier molecular flexibility index (Phi) is 6.55. The van der Waals surface area contributed by atoms with Crippen LogP contribution in [0, 0.1) is 0 Å². The lowest BCUT2D eigenvalue weighted by molar-refractivity contribution is 0.357. The molecule has 0 atom stereocenters. The minimum absolute atomic E-state index is 0. The van der Waals surface area contributed by atoms with Crippen molar-refractivity contribution in [3.05, 3.63) is 73.5 Å². The van der Waals surface area contributed by atoms with Gasteiger partial charge in [-0.05, 0) is 24.3 Å². The van der Waals surface area contributed by atoms with E-state index in [1.54, 1.807) is 0 Å². The van der Waals surface area contributed by atoms with Crippen molar-refractivity contribution >= 4 is 17.0 Å². The van der Waals surface area contributed by atoms with Crippen LogP contribution in [-0.4, -0.2) is 8.41 Å².